The minimum absolute atomic E-state index is 0.479. The molecule has 2 N–H and O–H groups in total. The standard InChI is InChI=1S/C13H19NS/c1-2-3-4-5-6-11-7-9-12(10-8-11)13(14)15/h7-10H,2-6H2,1H3,(H2,14,15). The van der Waals surface area contributed by atoms with Crippen LogP contribution in [0.1, 0.15) is 43.7 Å². The highest BCUT2D eigenvalue weighted by atomic mass is 32.1. The van der Waals surface area contributed by atoms with E-state index in [9.17, 15) is 0 Å². The molecule has 0 unspecified atom stereocenters. The Morgan fingerprint density at radius 1 is 1.13 bits per heavy atom. The summed E-state index contributed by atoms with van der Waals surface area (Å²) in [5.41, 5.74) is 7.88. The Hall–Kier alpha value is -0.890. The third-order valence-corrected chi connectivity index (χ3v) is 2.79. The van der Waals surface area contributed by atoms with Gasteiger partial charge in [0.2, 0.25) is 0 Å². The second kappa shape index (κ2) is 6.57. The summed E-state index contributed by atoms with van der Waals surface area (Å²) in [7, 11) is 0. The fourth-order valence-corrected chi connectivity index (χ4v) is 1.73. The molecule has 0 aliphatic carbocycles. The zero-order chi connectivity index (χ0) is 11.1. The van der Waals surface area contributed by atoms with E-state index in [0.29, 0.717) is 4.99 Å². The summed E-state index contributed by atoms with van der Waals surface area (Å²) in [5, 5.41) is 0. The molecule has 1 rings (SSSR count). The Kier molecular flexibility index (Phi) is 5.33. The van der Waals surface area contributed by atoms with Crippen LogP contribution in [0.15, 0.2) is 24.3 Å². The van der Waals surface area contributed by atoms with Gasteiger partial charge in [0, 0.05) is 5.56 Å². The van der Waals surface area contributed by atoms with Gasteiger partial charge in [0.25, 0.3) is 0 Å². The van der Waals surface area contributed by atoms with E-state index in [1.54, 1.807) is 0 Å². The lowest BCUT2D eigenvalue weighted by molar-refractivity contribution is 0.667. The van der Waals surface area contributed by atoms with E-state index in [-0.39, 0.29) is 0 Å². The molecule has 0 bridgehead atoms. The van der Waals surface area contributed by atoms with Crippen LogP contribution >= 0.6 is 12.2 Å². The highest BCUT2D eigenvalue weighted by Crippen LogP contribution is 2.09. The van der Waals surface area contributed by atoms with Crippen LogP contribution in [-0.2, 0) is 6.42 Å². The van der Waals surface area contributed by atoms with E-state index in [1.807, 2.05) is 12.1 Å². The van der Waals surface area contributed by atoms with E-state index in [4.69, 9.17) is 18.0 Å². The predicted octanol–water partition coefficient (Wildman–Crippen LogP) is 3.44. The predicted molar refractivity (Wildman–Crippen MR) is 70.2 cm³/mol. The molecule has 0 aliphatic rings. The summed E-state index contributed by atoms with van der Waals surface area (Å²) >= 11 is 4.91. The van der Waals surface area contributed by atoms with Gasteiger partial charge in [-0.05, 0) is 18.4 Å². The fraction of sp³-hybridized carbons (Fsp3) is 0.462. The van der Waals surface area contributed by atoms with Crippen molar-refractivity contribution < 1.29 is 0 Å². The molecule has 0 saturated carbocycles. The van der Waals surface area contributed by atoms with Crippen LogP contribution in [0.25, 0.3) is 0 Å². The molecule has 2 heteroatoms. The maximum atomic E-state index is 5.53. The topological polar surface area (TPSA) is 26.0 Å². The van der Waals surface area contributed by atoms with Crippen LogP contribution in [0, 0.1) is 0 Å². The molecule has 0 aliphatic heterocycles. The van der Waals surface area contributed by atoms with Crippen molar-refractivity contribution in [2.75, 3.05) is 0 Å². The lowest BCUT2D eigenvalue weighted by Gasteiger charge is -2.02. The summed E-state index contributed by atoms with van der Waals surface area (Å²) in [6.07, 6.45) is 6.40. The largest absolute Gasteiger partial charge is 0.389 e. The SMILES string of the molecule is CCCCCCc1ccc(C(N)=S)cc1. The van der Waals surface area contributed by atoms with Crippen molar-refractivity contribution in [1.82, 2.24) is 0 Å². The molecule has 0 spiro atoms. The molecule has 0 aromatic heterocycles. The Morgan fingerprint density at radius 3 is 2.33 bits per heavy atom. The number of rotatable bonds is 6. The van der Waals surface area contributed by atoms with Crippen LogP contribution in [0.2, 0.25) is 0 Å². The van der Waals surface area contributed by atoms with Gasteiger partial charge in [-0.25, -0.2) is 0 Å². The summed E-state index contributed by atoms with van der Waals surface area (Å²) in [6, 6.07) is 8.27. The van der Waals surface area contributed by atoms with E-state index in [0.717, 1.165) is 12.0 Å². The first-order chi connectivity index (χ1) is 7.24. The summed E-state index contributed by atoms with van der Waals surface area (Å²) < 4.78 is 0. The average Bonchev–Trinajstić information content (AvgIpc) is 2.25. The van der Waals surface area contributed by atoms with Gasteiger partial charge in [0.1, 0.15) is 4.99 Å². The van der Waals surface area contributed by atoms with Gasteiger partial charge in [-0.2, -0.15) is 0 Å². The van der Waals surface area contributed by atoms with E-state index in [1.165, 1.54) is 31.2 Å². The van der Waals surface area contributed by atoms with Gasteiger partial charge in [0.15, 0.2) is 0 Å². The third kappa shape index (κ3) is 4.43. The number of hydrogen-bond donors (Lipinski definition) is 1. The zero-order valence-electron chi connectivity index (χ0n) is 9.33. The number of nitrogens with two attached hydrogens (primary N) is 1. The molecule has 0 radical (unpaired) electrons. The Balaban J connectivity index is 2.39. The van der Waals surface area contributed by atoms with Gasteiger partial charge < -0.3 is 5.73 Å². The lowest BCUT2D eigenvalue weighted by Crippen LogP contribution is -2.08. The second-order valence-corrected chi connectivity index (χ2v) is 4.31. The Bertz CT molecular complexity index is 303. The molecule has 1 aromatic rings. The molecule has 0 heterocycles. The fourth-order valence-electron chi connectivity index (χ4n) is 1.59. The molecule has 0 fully saturated rings. The van der Waals surface area contributed by atoms with Gasteiger partial charge in [-0.1, -0.05) is 62.7 Å². The number of benzene rings is 1. The van der Waals surface area contributed by atoms with E-state index >= 15 is 0 Å². The van der Waals surface area contributed by atoms with Gasteiger partial charge in [0.05, 0.1) is 0 Å². The van der Waals surface area contributed by atoms with Crippen molar-refractivity contribution in [3.63, 3.8) is 0 Å². The minimum Gasteiger partial charge on any atom is -0.389 e. The molecule has 82 valence electrons. The first-order valence-electron chi connectivity index (χ1n) is 5.62. The molecule has 0 saturated heterocycles. The van der Waals surface area contributed by atoms with Crippen LogP contribution < -0.4 is 5.73 Å². The van der Waals surface area contributed by atoms with Crippen molar-refractivity contribution in [2.45, 2.75) is 39.0 Å². The lowest BCUT2D eigenvalue weighted by atomic mass is 10.0. The van der Waals surface area contributed by atoms with Crippen molar-refractivity contribution in [2.24, 2.45) is 5.73 Å². The van der Waals surface area contributed by atoms with Crippen LogP contribution in [-0.4, -0.2) is 4.99 Å². The molecule has 0 amide bonds. The minimum atomic E-state index is 0.479. The third-order valence-electron chi connectivity index (χ3n) is 2.56. The second-order valence-electron chi connectivity index (χ2n) is 3.87. The van der Waals surface area contributed by atoms with Crippen molar-refractivity contribution in [3.05, 3.63) is 35.4 Å². The van der Waals surface area contributed by atoms with E-state index in [2.05, 4.69) is 19.1 Å². The number of hydrogen-bond acceptors (Lipinski definition) is 1. The van der Waals surface area contributed by atoms with Gasteiger partial charge in [-0.15, -0.1) is 0 Å². The summed E-state index contributed by atoms with van der Waals surface area (Å²) in [5.74, 6) is 0. The number of aryl methyl sites for hydroxylation is 1. The van der Waals surface area contributed by atoms with Gasteiger partial charge in [-0.3, -0.25) is 0 Å². The summed E-state index contributed by atoms with van der Waals surface area (Å²) in [4.78, 5) is 0.479. The molecular weight excluding hydrogens is 202 g/mol. The van der Waals surface area contributed by atoms with Crippen molar-refractivity contribution in [1.29, 1.82) is 0 Å². The van der Waals surface area contributed by atoms with Crippen LogP contribution in [0.4, 0.5) is 0 Å². The molecule has 15 heavy (non-hydrogen) atoms. The molecule has 1 aromatic carbocycles. The number of unbranched alkanes of at least 4 members (excludes halogenated alkanes) is 3. The Morgan fingerprint density at radius 2 is 1.80 bits per heavy atom. The molecule has 0 atom stereocenters. The highest BCUT2D eigenvalue weighted by Gasteiger charge is 1.96. The zero-order valence-corrected chi connectivity index (χ0v) is 10.1. The van der Waals surface area contributed by atoms with E-state index < -0.39 is 0 Å². The van der Waals surface area contributed by atoms with Crippen molar-refractivity contribution in [3.8, 4) is 0 Å². The maximum Gasteiger partial charge on any atom is 0.103 e. The molecular formula is C13H19NS. The van der Waals surface area contributed by atoms with Gasteiger partial charge >= 0.3 is 0 Å². The number of thiocarbonyl (C=S) groups is 1. The van der Waals surface area contributed by atoms with Crippen LogP contribution in [0.3, 0.4) is 0 Å². The maximum absolute atomic E-state index is 5.53. The monoisotopic (exact) mass is 221 g/mol. The first kappa shape index (κ1) is 12.2. The Labute approximate surface area is 97.7 Å². The quantitative estimate of drug-likeness (QED) is 0.588. The normalized spacial score (nSPS) is 10.2. The van der Waals surface area contributed by atoms with Crippen LogP contribution in [0.5, 0.6) is 0 Å². The molecule has 1 nitrogen and oxygen atoms in total. The average molecular weight is 221 g/mol. The van der Waals surface area contributed by atoms with Crippen molar-refractivity contribution >= 4 is 17.2 Å². The summed E-state index contributed by atoms with van der Waals surface area (Å²) in [6.45, 7) is 2.23. The highest BCUT2D eigenvalue weighted by molar-refractivity contribution is 7.80. The first-order valence-corrected chi connectivity index (χ1v) is 6.03. The smallest absolute Gasteiger partial charge is 0.103 e.